The van der Waals surface area contributed by atoms with Crippen molar-refractivity contribution < 1.29 is 4.39 Å². The Balaban J connectivity index is 1.94. The third kappa shape index (κ3) is 4.44. The Hall–Kier alpha value is -3.75. The maximum Gasteiger partial charge on any atom is 0.341 e. The van der Waals surface area contributed by atoms with Gasteiger partial charge in [0.25, 0.3) is 0 Å². The van der Waals surface area contributed by atoms with Gasteiger partial charge in [0.2, 0.25) is 0 Å². The number of hydrogen-bond donors (Lipinski definition) is 1. The van der Waals surface area contributed by atoms with Crippen LogP contribution < -0.4 is 22.8 Å². The van der Waals surface area contributed by atoms with Crippen molar-refractivity contribution in [1.82, 2.24) is 13.7 Å². The van der Waals surface area contributed by atoms with E-state index in [4.69, 9.17) is 17.3 Å². The van der Waals surface area contributed by atoms with Gasteiger partial charge in [-0.15, -0.1) is 0 Å². The summed E-state index contributed by atoms with van der Waals surface area (Å²) >= 11 is 6.22. The Morgan fingerprint density at radius 3 is 2.09 bits per heavy atom. The summed E-state index contributed by atoms with van der Waals surface area (Å²) in [5, 5.41) is 0.347. The summed E-state index contributed by atoms with van der Waals surface area (Å²) in [6.07, 6.45) is 0. The van der Waals surface area contributed by atoms with E-state index in [-0.39, 0.29) is 18.8 Å². The van der Waals surface area contributed by atoms with Gasteiger partial charge in [-0.1, -0.05) is 72.3 Å². The molecule has 168 valence electrons. The fraction of sp³-hybridized carbons (Fsp3) is 0.125. The first-order valence-corrected chi connectivity index (χ1v) is 10.5. The Morgan fingerprint density at radius 1 is 0.788 bits per heavy atom. The van der Waals surface area contributed by atoms with Gasteiger partial charge in [-0.2, -0.15) is 0 Å². The highest BCUT2D eigenvalue weighted by Gasteiger charge is 2.21. The molecule has 9 heteroatoms. The van der Waals surface area contributed by atoms with E-state index in [0.29, 0.717) is 20.7 Å². The number of nitrogens with zero attached hydrogens (tertiary/aromatic N) is 3. The van der Waals surface area contributed by atoms with Crippen LogP contribution in [-0.2, 0) is 13.1 Å². The SMILES string of the molecule is NC(Cn1c(=O)n(Cc2ccccc2Cl)c(=O)n(-c2ccccc2F)c1=O)c1ccccc1. The second kappa shape index (κ2) is 9.40. The van der Waals surface area contributed by atoms with Gasteiger partial charge >= 0.3 is 17.1 Å². The first-order chi connectivity index (χ1) is 15.9. The van der Waals surface area contributed by atoms with Crippen LogP contribution in [0.5, 0.6) is 0 Å². The minimum atomic E-state index is -0.975. The number of nitrogens with two attached hydrogens (primary N) is 1. The second-order valence-electron chi connectivity index (χ2n) is 7.44. The van der Waals surface area contributed by atoms with E-state index in [0.717, 1.165) is 15.2 Å². The summed E-state index contributed by atoms with van der Waals surface area (Å²) in [6, 6.07) is 20.3. The van der Waals surface area contributed by atoms with Crippen molar-refractivity contribution in [3.8, 4) is 5.69 Å². The molecule has 1 aromatic heterocycles. The number of para-hydroxylation sites is 1. The van der Waals surface area contributed by atoms with E-state index in [1.54, 1.807) is 48.5 Å². The van der Waals surface area contributed by atoms with E-state index in [1.807, 2.05) is 6.07 Å². The molecule has 1 atom stereocenters. The van der Waals surface area contributed by atoms with E-state index in [2.05, 4.69) is 0 Å². The molecule has 0 aliphatic heterocycles. The lowest BCUT2D eigenvalue weighted by Crippen LogP contribution is -2.55. The molecule has 1 heterocycles. The van der Waals surface area contributed by atoms with E-state index in [9.17, 15) is 18.8 Å². The normalized spacial score (nSPS) is 12.0. The summed E-state index contributed by atoms with van der Waals surface area (Å²) in [5.41, 5.74) is 4.39. The minimum Gasteiger partial charge on any atom is -0.322 e. The average Bonchev–Trinajstić information content (AvgIpc) is 2.82. The molecule has 33 heavy (non-hydrogen) atoms. The standard InChI is InChI=1S/C24H20ClFN4O3/c25-18-11-5-4-10-17(18)14-28-22(31)29(15-20(27)16-8-2-1-3-9-16)24(33)30(23(28)32)21-13-7-6-12-19(21)26/h1-13,20H,14-15,27H2. The van der Waals surface area contributed by atoms with Gasteiger partial charge in [0.15, 0.2) is 0 Å². The molecule has 0 radical (unpaired) electrons. The van der Waals surface area contributed by atoms with Crippen LogP contribution in [0.2, 0.25) is 5.02 Å². The maximum atomic E-state index is 14.6. The van der Waals surface area contributed by atoms with Gasteiger partial charge in [-0.3, -0.25) is 0 Å². The number of hydrogen-bond acceptors (Lipinski definition) is 4. The topological polar surface area (TPSA) is 92.0 Å². The monoisotopic (exact) mass is 466 g/mol. The fourth-order valence-electron chi connectivity index (χ4n) is 3.56. The molecule has 0 fully saturated rings. The van der Waals surface area contributed by atoms with Gasteiger partial charge in [0, 0.05) is 11.1 Å². The first kappa shape index (κ1) is 22.4. The Kier molecular flexibility index (Phi) is 6.39. The molecule has 2 N–H and O–H groups in total. The molecule has 0 amide bonds. The summed E-state index contributed by atoms with van der Waals surface area (Å²) in [7, 11) is 0. The molecule has 0 aliphatic rings. The number of aromatic nitrogens is 3. The Bertz CT molecular complexity index is 1480. The highest BCUT2D eigenvalue weighted by atomic mass is 35.5. The predicted octanol–water partition coefficient (Wildman–Crippen LogP) is 2.70. The van der Waals surface area contributed by atoms with Crippen molar-refractivity contribution in [2.24, 2.45) is 5.73 Å². The third-order valence-electron chi connectivity index (χ3n) is 5.29. The molecule has 0 spiro atoms. The van der Waals surface area contributed by atoms with Crippen LogP contribution >= 0.6 is 11.6 Å². The highest BCUT2D eigenvalue weighted by Crippen LogP contribution is 2.15. The van der Waals surface area contributed by atoms with Crippen molar-refractivity contribution in [2.75, 3.05) is 0 Å². The molecule has 0 saturated carbocycles. The van der Waals surface area contributed by atoms with Crippen molar-refractivity contribution in [1.29, 1.82) is 0 Å². The van der Waals surface area contributed by atoms with Gasteiger partial charge in [-0.05, 0) is 29.3 Å². The van der Waals surface area contributed by atoms with Crippen LogP contribution in [0.25, 0.3) is 5.69 Å². The molecule has 1 unspecified atom stereocenters. The van der Waals surface area contributed by atoms with Crippen LogP contribution in [0.1, 0.15) is 17.2 Å². The molecule has 4 aromatic rings. The van der Waals surface area contributed by atoms with Gasteiger partial charge in [-0.25, -0.2) is 32.5 Å². The van der Waals surface area contributed by atoms with Crippen LogP contribution in [0.3, 0.4) is 0 Å². The van der Waals surface area contributed by atoms with Crippen LogP contribution in [0.15, 0.2) is 93.2 Å². The molecule has 0 aliphatic carbocycles. The number of halogens is 2. The van der Waals surface area contributed by atoms with E-state index in [1.165, 1.54) is 18.2 Å². The summed E-state index contributed by atoms with van der Waals surface area (Å²) in [5.74, 6) is -0.779. The van der Waals surface area contributed by atoms with Crippen molar-refractivity contribution >= 4 is 11.6 Å². The quantitative estimate of drug-likeness (QED) is 0.473. The average molecular weight is 467 g/mol. The van der Waals surface area contributed by atoms with Gasteiger partial charge in [0.1, 0.15) is 5.82 Å². The zero-order valence-electron chi connectivity index (χ0n) is 17.4. The van der Waals surface area contributed by atoms with Gasteiger partial charge in [0.05, 0.1) is 18.8 Å². The highest BCUT2D eigenvalue weighted by molar-refractivity contribution is 6.31. The zero-order valence-corrected chi connectivity index (χ0v) is 18.2. The minimum absolute atomic E-state index is 0.202. The largest absolute Gasteiger partial charge is 0.341 e. The molecule has 0 bridgehead atoms. The third-order valence-corrected chi connectivity index (χ3v) is 5.66. The van der Waals surface area contributed by atoms with Crippen LogP contribution in [-0.4, -0.2) is 13.7 Å². The van der Waals surface area contributed by atoms with E-state index >= 15 is 0 Å². The zero-order chi connectivity index (χ0) is 23.5. The van der Waals surface area contributed by atoms with Crippen LogP contribution in [0.4, 0.5) is 4.39 Å². The predicted molar refractivity (Wildman–Crippen MR) is 124 cm³/mol. The van der Waals surface area contributed by atoms with Crippen molar-refractivity contribution in [3.05, 3.63) is 132 Å². The molecular formula is C24H20ClFN4O3. The summed E-state index contributed by atoms with van der Waals surface area (Å²) < 4.78 is 16.9. The molecule has 3 aromatic carbocycles. The molecular weight excluding hydrogens is 447 g/mol. The van der Waals surface area contributed by atoms with Crippen LogP contribution in [0, 0.1) is 5.82 Å². The number of rotatable bonds is 6. The smallest absolute Gasteiger partial charge is 0.322 e. The lowest BCUT2D eigenvalue weighted by molar-refractivity contribution is 0.465. The maximum absolute atomic E-state index is 14.6. The molecule has 0 saturated heterocycles. The summed E-state index contributed by atoms with van der Waals surface area (Å²) in [6.45, 7) is -0.411. The van der Waals surface area contributed by atoms with Crippen molar-refractivity contribution in [3.63, 3.8) is 0 Å². The van der Waals surface area contributed by atoms with Crippen molar-refractivity contribution in [2.45, 2.75) is 19.1 Å². The number of benzene rings is 3. The van der Waals surface area contributed by atoms with Gasteiger partial charge < -0.3 is 5.73 Å². The van der Waals surface area contributed by atoms with E-state index < -0.39 is 28.9 Å². The summed E-state index contributed by atoms with van der Waals surface area (Å²) in [4.78, 5) is 39.8. The second-order valence-corrected chi connectivity index (χ2v) is 7.85. The molecule has 7 nitrogen and oxygen atoms in total. The Labute approximate surface area is 192 Å². The first-order valence-electron chi connectivity index (χ1n) is 10.1. The molecule has 4 rings (SSSR count). The fourth-order valence-corrected chi connectivity index (χ4v) is 3.76. The lowest BCUT2D eigenvalue weighted by atomic mass is 10.1. The Morgan fingerprint density at radius 2 is 1.39 bits per heavy atom. The lowest BCUT2D eigenvalue weighted by Gasteiger charge is -2.18.